The maximum atomic E-state index is 10.1. The van der Waals surface area contributed by atoms with E-state index in [9.17, 15) is 9.59 Å². The van der Waals surface area contributed by atoms with Gasteiger partial charge < -0.3 is 20.1 Å². The second-order valence-electron chi connectivity index (χ2n) is 3.80. The van der Waals surface area contributed by atoms with Crippen molar-refractivity contribution in [2.24, 2.45) is 0 Å². The normalized spacial score (nSPS) is 30.0. The van der Waals surface area contributed by atoms with Gasteiger partial charge in [-0.1, -0.05) is 0 Å². The second kappa shape index (κ2) is 5.24. The summed E-state index contributed by atoms with van der Waals surface area (Å²) in [6, 6.07) is -0.398. The predicted octanol–water partition coefficient (Wildman–Crippen LogP) is -1.80. The third-order valence-electron chi connectivity index (χ3n) is 2.21. The summed E-state index contributed by atoms with van der Waals surface area (Å²) >= 11 is 0. The Morgan fingerprint density at radius 3 is 2.00 bits per heavy atom. The first-order valence-electron chi connectivity index (χ1n) is 5.25. The van der Waals surface area contributed by atoms with E-state index in [1.54, 1.807) is 0 Å². The zero-order valence-electron chi connectivity index (χ0n) is 8.82. The van der Waals surface area contributed by atoms with Crippen molar-refractivity contribution in [2.45, 2.75) is 12.2 Å². The predicted molar refractivity (Wildman–Crippen MR) is 53.9 cm³/mol. The fourth-order valence-electron chi connectivity index (χ4n) is 1.15. The highest BCUT2D eigenvalue weighted by molar-refractivity contribution is 6.01. The van der Waals surface area contributed by atoms with Crippen LogP contribution < -0.4 is 16.0 Å². The molecular formula is C9H15N3O4. The van der Waals surface area contributed by atoms with Crippen LogP contribution in [0.15, 0.2) is 0 Å². The van der Waals surface area contributed by atoms with Gasteiger partial charge in [0.25, 0.3) is 0 Å². The van der Waals surface area contributed by atoms with Crippen molar-refractivity contribution < 1.29 is 19.1 Å². The Hall–Kier alpha value is -1.18. The number of rotatable bonds is 4. The summed E-state index contributed by atoms with van der Waals surface area (Å²) < 4.78 is 10.0. The zero-order valence-corrected chi connectivity index (χ0v) is 8.82. The van der Waals surface area contributed by atoms with E-state index in [2.05, 4.69) is 10.6 Å². The number of nitrogens with one attached hydrogen (secondary N) is 3. The van der Waals surface area contributed by atoms with E-state index in [4.69, 9.17) is 9.47 Å². The Morgan fingerprint density at radius 2 is 1.75 bits per heavy atom. The molecule has 2 atom stereocenters. The lowest BCUT2D eigenvalue weighted by molar-refractivity contribution is -0.117. The van der Waals surface area contributed by atoms with Crippen LogP contribution in [0.25, 0.3) is 0 Å². The molecular weight excluding hydrogens is 214 g/mol. The average Bonchev–Trinajstić information content (AvgIpc) is 3.12. The maximum absolute atomic E-state index is 10.1. The number of hydrogen-bond acceptors (Lipinski definition) is 5. The van der Waals surface area contributed by atoms with Crippen molar-refractivity contribution in [3.8, 4) is 0 Å². The number of carbonyl (C=O) groups excluding carboxylic acids is 2. The van der Waals surface area contributed by atoms with Gasteiger partial charge >= 0.3 is 6.03 Å². The molecule has 0 saturated carbocycles. The van der Waals surface area contributed by atoms with Gasteiger partial charge in [0.2, 0.25) is 5.91 Å². The van der Waals surface area contributed by atoms with Crippen LogP contribution in [0.3, 0.4) is 0 Å². The minimum absolute atomic E-state index is 0.124. The summed E-state index contributed by atoms with van der Waals surface area (Å²) in [5.41, 5.74) is 0. The standard InChI is InChI=1S/C6H11NO2.C3H4N2O2/c1(5-3-8-5)7-2-6-4-9-6;6-2-1-4-3(7)5-2/h5-7H,1-4H2;1H2,(H2,4,5,6,7). The van der Waals surface area contributed by atoms with Crippen LogP contribution in [0, 0.1) is 0 Å². The molecule has 0 radical (unpaired) electrons. The molecule has 7 nitrogen and oxygen atoms in total. The molecule has 16 heavy (non-hydrogen) atoms. The zero-order chi connectivity index (χ0) is 11.4. The Balaban J connectivity index is 0.000000125. The molecule has 0 aliphatic carbocycles. The van der Waals surface area contributed by atoms with Gasteiger partial charge in [0.1, 0.15) is 0 Å². The highest BCUT2D eigenvalue weighted by atomic mass is 16.6. The summed E-state index contributed by atoms with van der Waals surface area (Å²) in [7, 11) is 0. The first kappa shape index (κ1) is 11.3. The lowest BCUT2D eigenvalue weighted by atomic mass is 10.4. The van der Waals surface area contributed by atoms with Crippen LogP contribution in [-0.4, -0.2) is 57.0 Å². The Labute approximate surface area is 92.8 Å². The van der Waals surface area contributed by atoms with Gasteiger partial charge in [0, 0.05) is 13.1 Å². The topological polar surface area (TPSA) is 95.3 Å². The molecule has 90 valence electrons. The van der Waals surface area contributed by atoms with Gasteiger partial charge in [0.15, 0.2) is 0 Å². The molecule has 0 aromatic rings. The molecule has 3 fully saturated rings. The molecule has 3 N–H and O–H groups in total. The highest BCUT2D eigenvalue weighted by Gasteiger charge is 2.25. The third-order valence-corrected chi connectivity index (χ3v) is 2.21. The van der Waals surface area contributed by atoms with Gasteiger partial charge in [0.05, 0.1) is 32.0 Å². The first-order valence-corrected chi connectivity index (χ1v) is 5.25. The van der Waals surface area contributed by atoms with Crippen molar-refractivity contribution in [3.05, 3.63) is 0 Å². The molecule has 2 unspecified atom stereocenters. The molecule has 0 aromatic carbocycles. The molecule has 0 bridgehead atoms. The molecule has 7 heteroatoms. The lowest BCUT2D eigenvalue weighted by Crippen LogP contribution is -2.24. The van der Waals surface area contributed by atoms with Crippen molar-refractivity contribution in [1.82, 2.24) is 16.0 Å². The van der Waals surface area contributed by atoms with E-state index in [0.717, 1.165) is 26.3 Å². The SMILES string of the molecule is C(NCC1CO1)C1CO1.O=C1CNC(=O)N1. The number of carbonyl (C=O) groups is 2. The third kappa shape index (κ3) is 4.56. The minimum atomic E-state index is -0.398. The highest BCUT2D eigenvalue weighted by Crippen LogP contribution is 2.09. The lowest BCUT2D eigenvalue weighted by Gasteiger charge is -1.95. The molecule has 0 aromatic heterocycles. The van der Waals surface area contributed by atoms with Crippen LogP contribution in [0.4, 0.5) is 4.79 Å². The van der Waals surface area contributed by atoms with Crippen molar-refractivity contribution in [3.63, 3.8) is 0 Å². The largest absolute Gasteiger partial charge is 0.372 e. The first-order chi connectivity index (χ1) is 7.74. The number of amides is 3. The minimum Gasteiger partial charge on any atom is -0.372 e. The van der Waals surface area contributed by atoms with Crippen LogP contribution in [-0.2, 0) is 14.3 Å². The van der Waals surface area contributed by atoms with Crippen molar-refractivity contribution in [1.29, 1.82) is 0 Å². The molecule has 0 spiro atoms. The Kier molecular flexibility index (Phi) is 3.70. The monoisotopic (exact) mass is 229 g/mol. The summed E-state index contributed by atoms with van der Waals surface area (Å²) in [4.78, 5) is 20.1. The molecule has 3 aliphatic heterocycles. The van der Waals surface area contributed by atoms with Crippen LogP contribution >= 0.6 is 0 Å². The number of hydrogen-bond donors (Lipinski definition) is 3. The van der Waals surface area contributed by atoms with E-state index in [1.165, 1.54) is 0 Å². The number of imide groups is 1. The maximum Gasteiger partial charge on any atom is 0.321 e. The van der Waals surface area contributed by atoms with E-state index < -0.39 is 6.03 Å². The number of ether oxygens (including phenoxy) is 2. The van der Waals surface area contributed by atoms with Gasteiger partial charge in [-0.15, -0.1) is 0 Å². The van der Waals surface area contributed by atoms with Gasteiger partial charge in [-0.05, 0) is 0 Å². The smallest absolute Gasteiger partial charge is 0.321 e. The van der Waals surface area contributed by atoms with E-state index in [-0.39, 0.29) is 12.5 Å². The Bertz CT molecular complexity index is 250. The average molecular weight is 229 g/mol. The quantitative estimate of drug-likeness (QED) is 0.390. The van der Waals surface area contributed by atoms with E-state index in [1.807, 2.05) is 5.32 Å². The second-order valence-corrected chi connectivity index (χ2v) is 3.80. The molecule has 3 amide bonds. The van der Waals surface area contributed by atoms with E-state index >= 15 is 0 Å². The number of epoxide rings is 2. The number of urea groups is 1. The fourth-order valence-corrected chi connectivity index (χ4v) is 1.15. The molecule has 3 heterocycles. The van der Waals surface area contributed by atoms with E-state index in [0.29, 0.717) is 12.2 Å². The summed E-state index contributed by atoms with van der Waals surface area (Å²) in [5, 5.41) is 7.56. The van der Waals surface area contributed by atoms with Crippen LogP contribution in [0.5, 0.6) is 0 Å². The van der Waals surface area contributed by atoms with Crippen LogP contribution in [0.2, 0.25) is 0 Å². The summed E-state index contributed by atoms with van der Waals surface area (Å²) in [6.07, 6.45) is 1.01. The molecule has 3 saturated heterocycles. The van der Waals surface area contributed by atoms with Crippen molar-refractivity contribution >= 4 is 11.9 Å². The molecule has 3 rings (SSSR count). The van der Waals surface area contributed by atoms with Gasteiger partial charge in [-0.3, -0.25) is 10.1 Å². The fraction of sp³-hybridized carbons (Fsp3) is 0.778. The van der Waals surface area contributed by atoms with Crippen molar-refractivity contribution in [2.75, 3.05) is 32.8 Å². The summed E-state index contributed by atoms with van der Waals surface area (Å²) in [5.74, 6) is -0.259. The van der Waals surface area contributed by atoms with Crippen LogP contribution in [0.1, 0.15) is 0 Å². The molecule has 3 aliphatic rings. The Morgan fingerprint density at radius 1 is 1.19 bits per heavy atom. The van der Waals surface area contributed by atoms with Gasteiger partial charge in [-0.25, -0.2) is 4.79 Å². The summed E-state index contributed by atoms with van der Waals surface area (Å²) in [6.45, 7) is 4.01. The van der Waals surface area contributed by atoms with Gasteiger partial charge in [-0.2, -0.15) is 0 Å².